The molecular formula is C13H20O. The standard InChI is InChI=1S/C13H20O/c1-13(2,10-6-3-4-7-10)11-8-5-9-12(11)14/h6,11H,3-5,7-9H2,1-2H3. The predicted molar refractivity (Wildman–Crippen MR) is 58.1 cm³/mol. The third-order valence-electron chi connectivity index (χ3n) is 4.04. The van der Waals surface area contributed by atoms with Gasteiger partial charge in [0.05, 0.1) is 0 Å². The highest BCUT2D eigenvalue weighted by atomic mass is 16.1. The Bertz CT molecular complexity index is 273. The van der Waals surface area contributed by atoms with Crippen LogP contribution in [0, 0.1) is 11.3 Å². The van der Waals surface area contributed by atoms with E-state index in [2.05, 4.69) is 19.9 Å². The van der Waals surface area contributed by atoms with Crippen LogP contribution < -0.4 is 0 Å². The number of hydrogen-bond donors (Lipinski definition) is 0. The Hall–Kier alpha value is -0.590. The minimum Gasteiger partial charge on any atom is -0.299 e. The normalized spacial score (nSPS) is 28.3. The molecule has 0 radical (unpaired) electrons. The molecule has 1 saturated carbocycles. The van der Waals surface area contributed by atoms with Gasteiger partial charge in [-0.3, -0.25) is 4.79 Å². The molecule has 0 aromatic rings. The summed E-state index contributed by atoms with van der Waals surface area (Å²) < 4.78 is 0. The van der Waals surface area contributed by atoms with Crippen LogP contribution >= 0.6 is 0 Å². The van der Waals surface area contributed by atoms with Crippen molar-refractivity contribution in [2.24, 2.45) is 11.3 Å². The van der Waals surface area contributed by atoms with Gasteiger partial charge in [0.15, 0.2) is 0 Å². The van der Waals surface area contributed by atoms with Crippen LogP contribution in [0.5, 0.6) is 0 Å². The molecule has 0 heterocycles. The van der Waals surface area contributed by atoms with E-state index in [4.69, 9.17) is 0 Å². The number of rotatable bonds is 2. The van der Waals surface area contributed by atoms with Gasteiger partial charge in [0.1, 0.15) is 5.78 Å². The highest BCUT2D eigenvalue weighted by molar-refractivity contribution is 5.84. The molecule has 2 aliphatic rings. The zero-order valence-electron chi connectivity index (χ0n) is 9.31. The smallest absolute Gasteiger partial charge is 0.136 e. The fourth-order valence-electron chi connectivity index (χ4n) is 3.06. The van der Waals surface area contributed by atoms with Gasteiger partial charge in [-0.25, -0.2) is 0 Å². The summed E-state index contributed by atoms with van der Waals surface area (Å²) in [6, 6.07) is 0. The summed E-state index contributed by atoms with van der Waals surface area (Å²) in [4.78, 5) is 11.8. The zero-order chi connectivity index (χ0) is 10.2. The number of carbonyl (C=O) groups is 1. The van der Waals surface area contributed by atoms with E-state index < -0.39 is 0 Å². The fraction of sp³-hybridized carbons (Fsp3) is 0.769. The van der Waals surface area contributed by atoms with Crippen LogP contribution in [0.2, 0.25) is 0 Å². The minimum atomic E-state index is 0.143. The highest BCUT2D eigenvalue weighted by Crippen LogP contribution is 2.45. The van der Waals surface area contributed by atoms with E-state index in [1.807, 2.05) is 0 Å². The number of ketones is 1. The molecule has 0 bridgehead atoms. The van der Waals surface area contributed by atoms with E-state index >= 15 is 0 Å². The monoisotopic (exact) mass is 192 g/mol. The molecule has 0 aromatic carbocycles. The van der Waals surface area contributed by atoms with E-state index in [0.717, 1.165) is 19.3 Å². The maximum Gasteiger partial charge on any atom is 0.136 e. The lowest BCUT2D eigenvalue weighted by Crippen LogP contribution is -2.28. The van der Waals surface area contributed by atoms with Gasteiger partial charge in [0.2, 0.25) is 0 Å². The first kappa shape index (κ1) is 9.95. The second-order valence-electron chi connectivity index (χ2n) is 5.25. The van der Waals surface area contributed by atoms with E-state index in [0.29, 0.717) is 11.7 Å². The molecule has 0 spiro atoms. The topological polar surface area (TPSA) is 17.1 Å². The number of allylic oxidation sites excluding steroid dienone is 2. The third kappa shape index (κ3) is 1.53. The Kier molecular flexibility index (Phi) is 2.50. The third-order valence-corrected chi connectivity index (χ3v) is 4.04. The van der Waals surface area contributed by atoms with E-state index in [9.17, 15) is 4.79 Å². The Morgan fingerprint density at radius 3 is 2.57 bits per heavy atom. The van der Waals surface area contributed by atoms with Crippen LogP contribution in [-0.4, -0.2) is 5.78 Å². The number of hydrogen-bond acceptors (Lipinski definition) is 1. The average molecular weight is 192 g/mol. The van der Waals surface area contributed by atoms with Crippen LogP contribution in [0.4, 0.5) is 0 Å². The quantitative estimate of drug-likeness (QED) is 0.612. The molecule has 2 rings (SSSR count). The summed E-state index contributed by atoms with van der Waals surface area (Å²) in [7, 11) is 0. The van der Waals surface area contributed by atoms with E-state index in [1.165, 1.54) is 24.8 Å². The van der Waals surface area contributed by atoms with Crippen LogP contribution in [-0.2, 0) is 4.79 Å². The first-order valence-electron chi connectivity index (χ1n) is 5.84. The predicted octanol–water partition coefficient (Wildman–Crippen LogP) is 3.49. The summed E-state index contributed by atoms with van der Waals surface area (Å²) in [5.41, 5.74) is 1.68. The van der Waals surface area contributed by atoms with Crippen molar-refractivity contribution in [1.82, 2.24) is 0 Å². The van der Waals surface area contributed by atoms with Crippen LogP contribution in [0.1, 0.15) is 52.4 Å². The summed E-state index contributed by atoms with van der Waals surface area (Å²) in [5.74, 6) is 0.814. The zero-order valence-corrected chi connectivity index (χ0v) is 9.31. The molecule has 1 unspecified atom stereocenters. The maximum absolute atomic E-state index is 11.8. The van der Waals surface area contributed by atoms with E-state index in [-0.39, 0.29) is 5.41 Å². The number of carbonyl (C=O) groups excluding carboxylic acids is 1. The molecule has 2 aliphatic carbocycles. The Morgan fingerprint density at radius 1 is 1.29 bits per heavy atom. The maximum atomic E-state index is 11.8. The van der Waals surface area contributed by atoms with Gasteiger partial charge in [0, 0.05) is 12.3 Å². The van der Waals surface area contributed by atoms with Crippen molar-refractivity contribution < 1.29 is 4.79 Å². The Labute approximate surface area is 86.6 Å². The molecular weight excluding hydrogens is 172 g/mol. The molecule has 0 aliphatic heterocycles. The van der Waals surface area contributed by atoms with Crippen molar-refractivity contribution in [3.63, 3.8) is 0 Å². The fourth-order valence-corrected chi connectivity index (χ4v) is 3.06. The lowest BCUT2D eigenvalue weighted by molar-refractivity contribution is -0.123. The van der Waals surface area contributed by atoms with E-state index in [1.54, 1.807) is 0 Å². The van der Waals surface area contributed by atoms with Crippen LogP contribution in [0.25, 0.3) is 0 Å². The lowest BCUT2D eigenvalue weighted by atomic mass is 9.71. The summed E-state index contributed by atoms with van der Waals surface area (Å²) in [5, 5.41) is 0. The number of Topliss-reactive ketones (excluding diaryl/α,β-unsaturated/α-hetero) is 1. The molecule has 0 N–H and O–H groups in total. The van der Waals surface area contributed by atoms with Crippen molar-refractivity contribution in [3.8, 4) is 0 Å². The van der Waals surface area contributed by atoms with Gasteiger partial charge in [-0.05, 0) is 37.5 Å². The molecule has 0 amide bonds. The Balaban J connectivity index is 2.17. The largest absolute Gasteiger partial charge is 0.299 e. The molecule has 1 fully saturated rings. The van der Waals surface area contributed by atoms with Gasteiger partial charge in [-0.15, -0.1) is 0 Å². The second-order valence-corrected chi connectivity index (χ2v) is 5.25. The van der Waals surface area contributed by atoms with Gasteiger partial charge < -0.3 is 0 Å². The van der Waals surface area contributed by atoms with Crippen molar-refractivity contribution in [2.75, 3.05) is 0 Å². The highest BCUT2D eigenvalue weighted by Gasteiger charge is 2.40. The molecule has 1 heteroatoms. The van der Waals surface area contributed by atoms with Crippen molar-refractivity contribution in [2.45, 2.75) is 52.4 Å². The van der Waals surface area contributed by atoms with Crippen molar-refractivity contribution >= 4 is 5.78 Å². The van der Waals surface area contributed by atoms with Gasteiger partial charge in [-0.1, -0.05) is 25.5 Å². The molecule has 1 nitrogen and oxygen atoms in total. The molecule has 14 heavy (non-hydrogen) atoms. The first-order valence-corrected chi connectivity index (χ1v) is 5.84. The summed E-state index contributed by atoms with van der Waals surface area (Å²) in [6.45, 7) is 4.52. The van der Waals surface area contributed by atoms with Gasteiger partial charge >= 0.3 is 0 Å². The second kappa shape index (κ2) is 3.52. The van der Waals surface area contributed by atoms with Gasteiger partial charge in [-0.2, -0.15) is 0 Å². The molecule has 78 valence electrons. The van der Waals surface area contributed by atoms with Crippen LogP contribution in [0.3, 0.4) is 0 Å². The van der Waals surface area contributed by atoms with Crippen molar-refractivity contribution in [3.05, 3.63) is 11.6 Å². The van der Waals surface area contributed by atoms with Crippen LogP contribution in [0.15, 0.2) is 11.6 Å². The first-order chi connectivity index (χ1) is 6.62. The molecule has 0 saturated heterocycles. The SMILES string of the molecule is CC(C)(C1=CCCC1)C1CCCC1=O. The summed E-state index contributed by atoms with van der Waals surface area (Å²) in [6.07, 6.45) is 9.15. The molecule has 1 atom stereocenters. The Morgan fingerprint density at radius 2 is 2.07 bits per heavy atom. The molecule has 0 aromatic heterocycles. The minimum absolute atomic E-state index is 0.143. The average Bonchev–Trinajstić information content (AvgIpc) is 2.72. The summed E-state index contributed by atoms with van der Waals surface area (Å²) >= 11 is 0. The lowest BCUT2D eigenvalue weighted by Gasteiger charge is -2.32. The van der Waals surface area contributed by atoms with Crippen molar-refractivity contribution in [1.29, 1.82) is 0 Å². The van der Waals surface area contributed by atoms with Gasteiger partial charge in [0.25, 0.3) is 0 Å².